The molecule has 7 rings (SSSR count). The van der Waals surface area contributed by atoms with Gasteiger partial charge in [-0.25, -0.2) is 4.90 Å². The number of hydrogen-bond donors (Lipinski definition) is 0. The van der Waals surface area contributed by atoms with Gasteiger partial charge in [0.2, 0.25) is 11.8 Å². The Hall–Kier alpha value is -4.31. The molecule has 0 spiro atoms. The minimum atomic E-state index is -1.11. The second kappa shape index (κ2) is 7.84. The van der Waals surface area contributed by atoms with Gasteiger partial charge in [0.25, 0.3) is 0 Å². The monoisotopic (exact) mass is 497 g/mol. The number of hydrogen-bond acceptors (Lipinski definition) is 3. The van der Waals surface area contributed by atoms with E-state index in [0.717, 1.165) is 33.0 Å². The van der Waals surface area contributed by atoms with Gasteiger partial charge in [-0.3, -0.25) is 14.4 Å². The third-order valence-corrected chi connectivity index (χ3v) is 9.24. The Balaban J connectivity index is 1.51. The molecular formula is C34H27NO3. The van der Waals surface area contributed by atoms with Crippen LogP contribution in [0.4, 0.5) is 5.69 Å². The number of ketones is 1. The van der Waals surface area contributed by atoms with Crippen molar-refractivity contribution in [1.82, 2.24) is 0 Å². The lowest BCUT2D eigenvalue weighted by Gasteiger charge is -2.37. The molecule has 4 aromatic carbocycles. The SMILES string of the molecule is CC[C@@]12C(=O)[C@@](C)(C(c3ccccc3)=C1c1ccccc1)[C@H]1C(=O)N(c3cccc4ccccc34)C(=O)[C@H]12. The summed E-state index contributed by atoms with van der Waals surface area (Å²) in [5, 5.41) is 1.82. The maximum atomic E-state index is 14.6. The number of Topliss-reactive ketones (excluding diaryl/α,β-unsaturated/α-hetero) is 1. The normalized spacial score (nSPS) is 28.1. The Morgan fingerprint density at radius 1 is 0.658 bits per heavy atom. The standard InChI is InChI=1S/C34H27NO3/c1-3-34-27(23-16-8-5-9-17-23)26(22-14-6-4-7-15-22)33(2,32(34)38)28-29(34)31(37)35(30(28)36)25-20-12-18-21-13-10-11-19-24(21)25/h4-20,28-29H,3H2,1-2H3/t28-,29+,33+,34-/m1/s1. The van der Waals surface area contributed by atoms with Gasteiger partial charge in [0.1, 0.15) is 0 Å². The molecule has 1 saturated carbocycles. The number of carbonyl (C=O) groups is 3. The minimum absolute atomic E-state index is 0.000485. The second-order valence-corrected chi connectivity index (χ2v) is 10.8. The van der Waals surface area contributed by atoms with Gasteiger partial charge in [0.05, 0.1) is 28.4 Å². The Labute approximate surface area is 221 Å². The van der Waals surface area contributed by atoms with Gasteiger partial charge in [0.15, 0.2) is 5.78 Å². The van der Waals surface area contributed by atoms with E-state index in [4.69, 9.17) is 0 Å². The molecule has 2 aliphatic carbocycles. The van der Waals surface area contributed by atoms with E-state index in [0.29, 0.717) is 12.1 Å². The summed E-state index contributed by atoms with van der Waals surface area (Å²) >= 11 is 0. The highest BCUT2D eigenvalue weighted by molar-refractivity contribution is 6.35. The molecule has 1 saturated heterocycles. The van der Waals surface area contributed by atoms with Crippen molar-refractivity contribution in [2.75, 3.05) is 4.90 Å². The van der Waals surface area contributed by atoms with Gasteiger partial charge < -0.3 is 0 Å². The predicted molar refractivity (Wildman–Crippen MR) is 149 cm³/mol. The highest BCUT2D eigenvalue weighted by Crippen LogP contribution is 2.74. The summed E-state index contributed by atoms with van der Waals surface area (Å²) in [4.78, 5) is 44.8. The summed E-state index contributed by atoms with van der Waals surface area (Å²) < 4.78 is 0. The van der Waals surface area contributed by atoms with Gasteiger partial charge in [-0.1, -0.05) is 104 Å². The first kappa shape index (κ1) is 22.9. The Kier molecular flexibility index (Phi) is 4.72. The van der Waals surface area contributed by atoms with Crippen LogP contribution in [0.3, 0.4) is 0 Å². The van der Waals surface area contributed by atoms with E-state index in [-0.39, 0.29) is 17.6 Å². The molecular weight excluding hydrogens is 470 g/mol. The Bertz CT molecular complexity index is 1680. The van der Waals surface area contributed by atoms with Crippen molar-refractivity contribution in [1.29, 1.82) is 0 Å². The second-order valence-electron chi connectivity index (χ2n) is 10.8. The maximum Gasteiger partial charge on any atom is 0.239 e. The zero-order chi connectivity index (χ0) is 26.2. The molecule has 186 valence electrons. The number of benzene rings is 4. The van der Waals surface area contributed by atoms with E-state index in [2.05, 4.69) is 0 Å². The Morgan fingerprint density at radius 3 is 1.87 bits per heavy atom. The average Bonchev–Trinajstić information content (AvgIpc) is 3.43. The fourth-order valence-electron chi connectivity index (χ4n) is 7.77. The molecule has 4 aromatic rings. The summed E-state index contributed by atoms with van der Waals surface area (Å²) in [7, 11) is 0. The molecule has 38 heavy (non-hydrogen) atoms. The number of imide groups is 1. The van der Waals surface area contributed by atoms with Crippen LogP contribution in [0.15, 0.2) is 103 Å². The van der Waals surface area contributed by atoms with Gasteiger partial charge in [-0.05, 0) is 47.1 Å². The first-order valence-corrected chi connectivity index (χ1v) is 13.2. The third kappa shape index (κ3) is 2.57. The summed E-state index contributed by atoms with van der Waals surface area (Å²) in [6, 6.07) is 33.3. The third-order valence-electron chi connectivity index (χ3n) is 9.24. The van der Waals surface area contributed by atoms with E-state index in [1.807, 2.05) is 117 Å². The van der Waals surface area contributed by atoms with E-state index >= 15 is 0 Å². The van der Waals surface area contributed by atoms with Crippen LogP contribution in [-0.2, 0) is 14.4 Å². The molecule has 0 N–H and O–H groups in total. The van der Waals surface area contributed by atoms with E-state index < -0.39 is 22.7 Å². The number of anilines is 1. The van der Waals surface area contributed by atoms with Crippen LogP contribution in [0.2, 0.25) is 0 Å². The largest absolute Gasteiger partial charge is 0.298 e. The van der Waals surface area contributed by atoms with Gasteiger partial charge >= 0.3 is 0 Å². The molecule has 4 nitrogen and oxygen atoms in total. The molecule has 0 aromatic heterocycles. The van der Waals surface area contributed by atoms with Gasteiger partial charge in [-0.2, -0.15) is 0 Å². The molecule has 1 heterocycles. The number of allylic oxidation sites excluding steroid dienone is 2. The predicted octanol–water partition coefficient (Wildman–Crippen LogP) is 6.56. The smallest absolute Gasteiger partial charge is 0.239 e. The van der Waals surface area contributed by atoms with Crippen LogP contribution in [0.25, 0.3) is 21.9 Å². The first-order chi connectivity index (χ1) is 18.5. The molecule has 1 aliphatic heterocycles. The van der Waals surface area contributed by atoms with Crippen molar-refractivity contribution in [3.8, 4) is 0 Å². The number of fused-ring (bicyclic) bond motifs is 6. The molecule has 2 fully saturated rings. The Morgan fingerprint density at radius 2 is 1.21 bits per heavy atom. The summed E-state index contributed by atoms with van der Waals surface area (Å²) in [6.07, 6.45) is 0.450. The van der Waals surface area contributed by atoms with Crippen LogP contribution in [-0.4, -0.2) is 17.6 Å². The zero-order valence-electron chi connectivity index (χ0n) is 21.3. The minimum Gasteiger partial charge on any atom is -0.298 e. The molecule has 3 aliphatic rings. The van der Waals surface area contributed by atoms with Crippen LogP contribution >= 0.6 is 0 Å². The number of rotatable bonds is 4. The van der Waals surface area contributed by atoms with Crippen molar-refractivity contribution < 1.29 is 14.4 Å². The molecule has 2 amide bonds. The molecule has 0 radical (unpaired) electrons. The summed E-state index contributed by atoms with van der Waals surface area (Å²) in [6.45, 7) is 3.89. The van der Waals surface area contributed by atoms with Crippen LogP contribution in [0.1, 0.15) is 31.4 Å². The number of amides is 2. The number of carbonyl (C=O) groups excluding carboxylic acids is 3. The van der Waals surface area contributed by atoms with Crippen LogP contribution in [0, 0.1) is 22.7 Å². The topological polar surface area (TPSA) is 54.5 Å². The van der Waals surface area contributed by atoms with Gasteiger partial charge in [-0.15, -0.1) is 0 Å². The molecule has 4 heteroatoms. The molecule has 4 atom stereocenters. The van der Waals surface area contributed by atoms with Crippen molar-refractivity contribution >= 4 is 45.2 Å². The lowest BCUT2D eigenvalue weighted by atomic mass is 9.62. The van der Waals surface area contributed by atoms with Crippen molar-refractivity contribution in [2.24, 2.45) is 22.7 Å². The average molecular weight is 498 g/mol. The fraction of sp³-hybridized carbons (Fsp3) is 0.206. The quantitative estimate of drug-likeness (QED) is 0.300. The number of nitrogens with zero attached hydrogens (tertiary/aromatic N) is 1. The van der Waals surface area contributed by atoms with Gasteiger partial charge in [0, 0.05) is 5.39 Å². The van der Waals surface area contributed by atoms with E-state index in [1.54, 1.807) is 0 Å². The molecule has 2 bridgehead atoms. The summed E-state index contributed by atoms with van der Waals surface area (Å²) in [5.74, 6) is -2.03. The fourth-order valence-corrected chi connectivity index (χ4v) is 7.77. The summed E-state index contributed by atoms with van der Waals surface area (Å²) in [5.41, 5.74) is 2.07. The lowest BCUT2D eigenvalue weighted by Crippen LogP contribution is -2.41. The maximum absolute atomic E-state index is 14.6. The lowest BCUT2D eigenvalue weighted by molar-refractivity contribution is -0.134. The van der Waals surface area contributed by atoms with Crippen LogP contribution < -0.4 is 4.90 Å². The highest BCUT2D eigenvalue weighted by Gasteiger charge is 2.79. The van der Waals surface area contributed by atoms with Crippen molar-refractivity contribution in [3.05, 3.63) is 114 Å². The van der Waals surface area contributed by atoms with Crippen molar-refractivity contribution in [2.45, 2.75) is 20.3 Å². The van der Waals surface area contributed by atoms with E-state index in [9.17, 15) is 14.4 Å². The molecule has 0 unspecified atom stereocenters. The first-order valence-electron chi connectivity index (χ1n) is 13.2. The van der Waals surface area contributed by atoms with E-state index in [1.165, 1.54) is 4.90 Å². The van der Waals surface area contributed by atoms with Crippen LogP contribution in [0.5, 0.6) is 0 Å². The zero-order valence-corrected chi connectivity index (χ0v) is 21.3. The van der Waals surface area contributed by atoms with Crippen molar-refractivity contribution in [3.63, 3.8) is 0 Å². The highest BCUT2D eigenvalue weighted by atomic mass is 16.2.